The lowest BCUT2D eigenvalue weighted by Gasteiger charge is -2.19. The molecule has 6 N–H and O–H groups in total. The molecule has 2 aromatic heterocycles. The van der Waals surface area contributed by atoms with E-state index in [2.05, 4.69) is 43.2 Å². The van der Waals surface area contributed by atoms with Crippen LogP contribution in [-0.4, -0.2) is 76.8 Å². The Labute approximate surface area is 293 Å². The molecule has 0 saturated carbocycles. The summed E-state index contributed by atoms with van der Waals surface area (Å²) < 4.78 is 1.85. The van der Waals surface area contributed by atoms with Crippen molar-refractivity contribution in [2.45, 2.75) is 51.6 Å². The van der Waals surface area contributed by atoms with Crippen molar-refractivity contribution in [3.63, 3.8) is 0 Å². The number of aryl methyl sites for hydroxylation is 1. The standard InChI is InChI=1S/C36H39N9O6/c1-2-3-13-31-38-21-30(45(31)22-24-14-16-25(17-15-24)26-11-7-8-12-27(26)32-40-43-44-41-32)35(48)37-19-18-29(36(49)50)39-33(46)28(34(47)42-51)20-23-9-5-4-6-10-23/h4-12,14-17,21,28-29,51H,2-3,13,18-20,22H2,1H3,(H,37,48)(H,39,46)(H,42,47)(H,49,50)(H,40,41,43,44). The molecule has 0 aliphatic carbocycles. The Morgan fingerprint density at radius 1 is 0.902 bits per heavy atom. The predicted octanol–water partition coefficient (Wildman–Crippen LogP) is 3.17. The van der Waals surface area contributed by atoms with Crippen LogP contribution in [0.5, 0.6) is 0 Å². The highest BCUT2D eigenvalue weighted by molar-refractivity contribution is 6.01. The first-order valence-electron chi connectivity index (χ1n) is 16.5. The van der Waals surface area contributed by atoms with Gasteiger partial charge in [0.15, 0.2) is 0 Å². The number of H-pyrrole nitrogens is 1. The minimum Gasteiger partial charge on any atom is -0.480 e. The molecule has 0 radical (unpaired) electrons. The van der Waals surface area contributed by atoms with Gasteiger partial charge in [-0.25, -0.2) is 15.3 Å². The fourth-order valence-electron chi connectivity index (χ4n) is 5.67. The Hall–Kier alpha value is -6.22. The smallest absolute Gasteiger partial charge is 0.326 e. The van der Waals surface area contributed by atoms with E-state index in [9.17, 15) is 29.5 Å². The Morgan fingerprint density at radius 2 is 1.63 bits per heavy atom. The number of carbonyl (C=O) groups excluding carboxylic acids is 3. The molecule has 15 heteroatoms. The predicted molar refractivity (Wildman–Crippen MR) is 185 cm³/mol. The number of hydrogen-bond donors (Lipinski definition) is 6. The molecule has 0 fully saturated rings. The minimum absolute atomic E-state index is 0.0528. The van der Waals surface area contributed by atoms with Crippen molar-refractivity contribution in [2.75, 3.05) is 6.54 Å². The van der Waals surface area contributed by atoms with Crippen LogP contribution in [0.15, 0.2) is 85.1 Å². The summed E-state index contributed by atoms with van der Waals surface area (Å²) in [5, 5.41) is 38.5. The molecule has 2 heterocycles. The van der Waals surface area contributed by atoms with Crippen LogP contribution in [0.25, 0.3) is 22.5 Å². The third kappa shape index (κ3) is 9.27. The van der Waals surface area contributed by atoms with Gasteiger partial charge in [0.05, 0.1) is 6.20 Å². The van der Waals surface area contributed by atoms with Gasteiger partial charge in [0, 0.05) is 25.1 Å². The van der Waals surface area contributed by atoms with Crippen molar-refractivity contribution in [3.8, 4) is 22.5 Å². The van der Waals surface area contributed by atoms with Gasteiger partial charge in [-0.3, -0.25) is 19.6 Å². The third-order valence-corrected chi connectivity index (χ3v) is 8.40. The molecular formula is C36H39N9O6. The molecule has 15 nitrogen and oxygen atoms in total. The summed E-state index contributed by atoms with van der Waals surface area (Å²) in [4.78, 5) is 55.3. The van der Waals surface area contributed by atoms with E-state index < -0.39 is 35.7 Å². The van der Waals surface area contributed by atoms with Crippen LogP contribution < -0.4 is 16.1 Å². The normalized spacial score (nSPS) is 12.1. The number of imidazole rings is 1. The van der Waals surface area contributed by atoms with Gasteiger partial charge in [-0.15, -0.1) is 10.2 Å². The molecule has 3 aromatic carbocycles. The first kappa shape index (κ1) is 36.1. The summed E-state index contributed by atoms with van der Waals surface area (Å²) in [5.74, 6) is -3.77. The molecule has 0 bridgehead atoms. The molecule has 5 aromatic rings. The lowest BCUT2D eigenvalue weighted by Crippen LogP contribution is -2.49. The number of tetrazole rings is 1. The van der Waals surface area contributed by atoms with Gasteiger partial charge in [-0.2, -0.15) is 5.21 Å². The largest absolute Gasteiger partial charge is 0.480 e. The third-order valence-electron chi connectivity index (χ3n) is 8.40. The summed E-state index contributed by atoms with van der Waals surface area (Å²) in [5.41, 5.74) is 6.11. The van der Waals surface area contributed by atoms with Gasteiger partial charge in [-0.1, -0.05) is 92.2 Å². The molecule has 0 spiro atoms. The van der Waals surface area contributed by atoms with Gasteiger partial charge < -0.3 is 20.3 Å². The number of carboxylic acid groups (broad SMARTS) is 1. The first-order valence-corrected chi connectivity index (χ1v) is 16.5. The molecule has 2 unspecified atom stereocenters. The van der Waals surface area contributed by atoms with Crippen molar-refractivity contribution in [3.05, 3.63) is 108 Å². The topological polar surface area (TPSA) is 217 Å². The number of benzene rings is 3. The fourth-order valence-corrected chi connectivity index (χ4v) is 5.67. The molecule has 51 heavy (non-hydrogen) atoms. The second-order valence-corrected chi connectivity index (χ2v) is 11.9. The first-order chi connectivity index (χ1) is 24.8. The van der Waals surface area contributed by atoms with Crippen LogP contribution >= 0.6 is 0 Å². The highest BCUT2D eigenvalue weighted by Gasteiger charge is 2.30. The average Bonchev–Trinajstić information content (AvgIpc) is 3.83. The number of aromatic nitrogens is 6. The molecule has 5 rings (SSSR count). The number of carboxylic acids is 1. The number of aliphatic carboxylic acids is 1. The number of nitrogens with zero attached hydrogens (tertiary/aromatic N) is 5. The van der Waals surface area contributed by atoms with Crippen molar-refractivity contribution in [1.82, 2.24) is 46.3 Å². The quantitative estimate of drug-likeness (QED) is 0.0475. The van der Waals surface area contributed by atoms with E-state index in [1.165, 1.54) is 11.7 Å². The van der Waals surface area contributed by atoms with Crippen LogP contribution in [0.4, 0.5) is 0 Å². The van der Waals surface area contributed by atoms with Gasteiger partial charge in [0.25, 0.3) is 11.8 Å². The SMILES string of the molecule is CCCCc1ncc(C(=O)NCCC(NC(=O)C(Cc2ccccc2)C(=O)NO)C(=O)O)n1Cc1ccc(-c2ccccc2-c2nn[nH]n2)cc1. The fraction of sp³-hybridized carbons (Fsp3) is 0.278. The van der Waals surface area contributed by atoms with Gasteiger partial charge >= 0.3 is 5.97 Å². The van der Waals surface area contributed by atoms with Crippen LogP contribution in [0.1, 0.15) is 53.6 Å². The van der Waals surface area contributed by atoms with Crippen molar-refractivity contribution in [2.24, 2.45) is 5.92 Å². The number of unbranched alkanes of at least 4 members (excludes halogenated alkanes) is 1. The Morgan fingerprint density at radius 3 is 2.29 bits per heavy atom. The second kappa shape index (κ2) is 17.4. The maximum Gasteiger partial charge on any atom is 0.326 e. The molecule has 264 valence electrons. The van der Waals surface area contributed by atoms with Crippen LogP contribution in [0.3, 0.4) is 0 Å². The van der Waals surface area contributed by atoms with E-state index in [4.69, 9.17) is 0 Å². The lowest BCUT2D eigenvalue weighted by molar-refractivity contribution is -0.146. The van der Waals surface area contributed by atoms with Gasteiger partial charge in [-0.05, 0) is 46.7 Å². The average molecular weight is 694 g/mol. The zero-order valence-electron chi connectivity index (χ0n) is 28.0. The van der Waals surface area contributed by atoms with E-state index in [1.54, 1.807) is 30.3 Å². The zero-order chi connectivity index (χ0) is 36.2. The monoisotopic (exact) mass is 693 g/mol. The number of amides is 3. The summed E-state index contributed by atoms with van der Waals surface area (Å²) in [6, 6.07) is 23.0. The van der Waals surface area contributed by atoms with Crippen LogP contribution in [0.2, 0.25) is 0 Å². The van der Waals surface area contributed by atoms with Crippen molar-refractivity contribution in [1.29, 1.82) is 0 Å². The van der Waals surface area contributed by atoms with E-state index in [0.29, 0.717) is 30.0 Å². The molecule has 0 aliphatic rings. The highest BCUT2D eigenvalue weighted by atomic mass is 16.5. The van der Waals surface area contributed by atoms with Crippen molar-refractivity contribution >= 4 is 23.7 Å². The maximum atomic E-state index is 13.4. The number of aromatic amines is 1. The Kier molecular flexibility index (Phi) is 12.3. The van der Waals surface area contributed by atoms with E-state index >= 15 is 0 Å². The summed E-state index contributed by atoms with van der Waals surface area (Å²) in [6.07, 6.45) is 3.78. The minimum atomic E-state index is -1.41. The highest BCUT2D eigenvalue weighted by Crippen LogP contribution is 2.30. The number of hydroxylamine groups is 1. The van der Waals surface area contributed by atoms with Crippen LogP contribution in [-0.2, 0) is 33.8 Å². The summed E-state index contributed by atoms with van der Waals surface area (Å²) in [7, 11) is 0. The second-order valence-electron chi connectivity index (χ2n) is 11.9. The molecule has 2 atom stereocenters. The van der Waals surface area contributed by atoms with Crippen molar-refractivity contribution < 1.29 is 29.5 Å². The Balaban J connectivity index is 1.25. The van der Waals surface area contributed by atoms with Gasteiger partial charge in [0.1, 0.15) is 23.5 Å². The molecule has 0 aliphatic heterocycles. The molecule has 0 saturated heterocycles. The van der Waals surface area contributed by atoms with Gasteiger partial charge in [0.2, 0.25) is 11.7 Å². The number of carbonyl (C=O) groups is 4. The molecule has 3 amide bonds. The van der Waals surface area contributed by atoms with E-state index in [1.807, 2.05) is 53.1 Å². The van der Waals surface area contributed by atoms with E-state index in [0.717, 1.165) is 40.9 Å². The number of hydrogen-bond acceptors (Lipinski definition) is 9. The van der Waals surface area contributed by atoms with E-state index in [-0.39, 0.29) is 19.4 Å². The molecular weight excluding hydrogens is 654 g/mol. The zero-order valence-corrected chi connectivity index (χ0v) is 28.0. The lowest BCUT2D eigenvalue weighted by atomic mass is 9.97. The summed E-state index contributed by atoms with van der Waals surface area (Å²) >= 11 is 0. The Bertz CT molecular complexity index is 1930. The van der Waals surface area contributed by atoms with Crippen LogP contribution in [0, 0.1) is 5.92 Å². The number of nitrogens with one attached hydrogen (secondary N) is 4. The maximum absolute atomic E-state index is 13.4. The number of rotatable bonds is 17. The summed E-state index contributed by atoms with van der Waals surface area (Å²) in [6.45, 7) is 2.36.